The van der Waals surface area contributed by atoms with Gasteiger partial charge in [0, 0.05) is 6.42 Å². The Kier molecular flexibility index (Phi) is 61.3. The lowest BCUT2D eigenvalue weighted by Gasteiger charge is -2.25. The number of carbonyl (C=O) groups is 1. The molecule has 0 aliphatic carbocycles. The van der Waals surface area contributed by atoms with Crippen molar-refractivity contribution in [3.8, 4) is 0 Å². The first-order chi connectivity index (χ1) is 39.5. The van der Waals surface area contributed by atoms with Crippen LogP contribution in [0.15, 0.2) is 60.8 Å². The number of nitrogens with zero attached hydrogens (tertiary/aromatic N) is 1. The van der Waals surface area contributed by atoms with Gasteiger partial charge in [-0.15, -0.1) is 0 Å². The third kappa shape index (κ3) is 65.6. The summed E-state index contributed by atoms with van der Waals surface area (Å²) >= 11 is 0. The van der Waals surface area contributed by atoms with Crippen LogP contribution in [0.1, 0.15) is 341 Å². The van der Waals surface area contributed by atoms with Crippen LogP contribution in [-0.2, 0) is 18.4 Å². The van der Waals surface area contributed by atoms with Crippen LogP contribution >= 0.6 is 7.82 Å². The topological polar surface area (TPSA) is 105 Å². The van der Waals surface area contributed by atoms with Crippen molar-refractivity contribution >= 4 is 13.7 Å². The Morgan fingerprint density at radius 3 is 1.06 bits per heavy atom. The zero-order chi connectivity index (χ0) is 59.1. The van der Waals surface area contributed by atoms with E-state index in [9.17, 15) is 19.4 Å². The number of carbonyl (C=O) groups excluding carboxylic acids is 1. The van der Waals surface area contributed by atoms with Crippen molar-refractivity contribution in [3.05, 3.63) is 60.8 Å². The maximum Gasteiger partial charge on any atom is 0.472 e. The second-order valence-corrected chi connectivity index (χ2v) is 26.7. The van der Waals surface area contributed by atoms with Gasteiger partial charge in [-0.05, 0) is 77.0 Å². The van der Waals surface area contributed by atoms with Gasteiger partial charge in [0.15, 0.2) is 0 Å². The van der Waals surface area contributed by atoms with Crippen LogP contribution in [0.5, 0.6) is 0 Å². The van der Waals surface area contributed by atoms with E-state index in [4.69, 9.17) is 9.05 Å². The number of hydrogen-bond donors (Lipinski definition) is 3. The van der Waals surface area contributed by atoms with Gasteiger partial charge >= 0.3 is 7.82 Å². The molecule has 0 radical (unpaired) electrons. The number of aliphatic hydroxyl groups excluding tert-OH is 1. The number of phosphoric acid groups is 1. The van der Waals surface area contributed by atoms with Crippen molar-refractivity contribution in [1.29, 1.82) is 0 Å². The highest BCUT2D eigenvalue weighted by Gasteiger charge is 2.28. The molecule has 3 atom stereocenters. The molecule has 0 rings (SSSR count). The molecule has 3 unspecified atom stereocenters. The highest BCUT2D eigenvalue weighted by Crippen LogP contribution is 2.43. The van der Waals surface area contributed by atoms with E-state index in [0.29, 0.717) is 17.4 Å². The Bertz CT molecular complexity index is 1500. The molecule has 0 aliphatic rings. The van der Waals surface area contributed by atoms with Crippen LogP contribution in [-0.4, -0.2) is 73.4 Å². The first-order valence-electron chi connectivity index (χ1n) is 35.2. The lowest BCUT2D eigenvalue weighted by molar-refractivity contribution is -0.870. The number of quaternary nitrogens is 1. The van der Waals surface area contributed by atoms with Crippen molar-refractivity contribution in [1.82, 2.24) is 5.32 Å². The molecule has 0 spiro atoms. The van der Waals surface area contributed by atoms with E-state index in [1.807, 2.05) is 27.2 Å². The SMILES string of the molecule is CCCCCCC/C=C\C/C=C\CCCCCCCCCCCCCCCCCCCCCC(=O)NC(COP(=O)(O)OCC[N+](C)(C)C)C(O)/C=C/CC/C=C/CC/C=C/CCCCCCCCCCCCCCCCCCCC. The van der Waals surface area contributed by atoms with E-state index < -0.39 is 20.0 Å². The van der Waals surface area contributed by atoms with Gasteiger partial charge in [0.2, 0.25) is 5.91 Å². The summed E-state index contributed by atoms with van der Waals surface area (Å²) in [4.78, 5) is 23.4. The fraction of sp³-hybridized carbons (Fsp3) is 0.847. The Morgan fingerprint density at radius 2 is 0.716 bits per heavy atom. The minimum absolute atomic E-state index is 0.0535. The highest BCUT2D eigenvalue weighted by atomic mass is 31.2. The Hall–Kier alpha value is -1.80. The van der Waals surface area contributed by atoms with Gasteiger partial charge in [0.25, 0.3) is 0 Å². The molecule has 9 heteroatoms. The Morgan fingerprint density at radius 1 is 0.420 bits per heavy atom. The number of likely N-dealkylation sites (N-methyl/N-ethyl adjacent to an activating group) is 1. The van der Waals surface area contributed by atoms with Crippen LogP contribution in [0.4, 0.5) is 0 Å². The number of unbranched alkanes of at least 4 members (excludes halogenated alkanes) is 44. The Balaban J connectivity index is 4.11. The second kappa shape index (κ2) is 62.7. The maximum atomic E-state index is 13.0. The van der Waals surface area contributed by atoms with E-state index >= 15 is 0 Å². The molecule has 0 bridgehead atoms. The van der Waals surface area contributed by atoms with Gasteiger partial charge in [-0.1, -0.05) is 319 Å². The molecule has 0 fully saturated rings. The first kappa shape index (κ1) is 79.2. The first-order valence-corrected chi connectivity index (χ1v) is 36.7. The third-order valence-corrected chi connectivity index (χ3v) is 16.9. The van der Waals surface area contributed by atoms with Crippen molar-refractivity contribution in [2.45, 2.75) is 353 Å². The zero-order valence-corrected chi connectivity index (χ0v) is 55.4. The fourth-order valence-corrected chi connectivity index (χ4v) is 11.2. The number of hydrogen-bond acceptors (Lipinski definition) is 5. The summed E-state index contributed by atoms with van der Waals surface area (Å²) in [7, 11) is 1.56. The predicted molar refractivity (Wildman–Crippen MR) is 355 cm³/mol. The molecule has 0 aromatic carbocycles. The van der Waals surface area contributed by atoms with E-state index in [2.05, 4.69) is 67.8 Å². The molecular formula is C72H138N2O6P+. The van der Waals surface area contributed by atoms with Crippen LogP contribution in [0.2, 0.25) is 0 Å². The normalized spacial score (nSPS) is 14.0. The summed E-state index contributed by atoms with van der Waals surface area (Å²) in [6, 6.07) is -0.872. The molecule has 0 heterocycles. The number of aliphatic hydroxyl groups is 1. The number of allylic oxidation sites excluding steroid dienone is 9. The molecule has 0 saturated carbocycles. The van der Waals surface area contributed by atoms with Crippen molar-refractivity contribution in [3.63, 3.8) is 0 Å². The summed E-state index contributed by atoms with van der Waals surface area (Å²) in [5.41, 5.74) is 0. The van der Waals surface area contributed by atoms with Gasteiger partial charge in [0.05, 0.1) is 39.9 Å². The van der Waals surface area contributed by atoms with Crippen LogP contribution < -0.4 is 5.32 Å². The summed E-state index contributed by atoms with van der Waals surface area (Å²) < 4.78 is 23.8. The maximum absolute atomic E-state index is 13.0. The predicted octanol–water partition coefficient (Wildman–Crippen LogP) is 22.4. The van der Waals surface area contributed by atoms with Crippen molar-refractivity contribution in [2.24, 2.45) is 0 Å². The average molecular weight is 1160 g/mol. The largest absolute Gasteiger partial charge is 0.472 e. The van der Waals surface area contributed by atoms with Gasteiger partial charge in [-0.3, -0.25) is 13.8 Å². The van der Waals surface area contributed by atoms with Crippen molar-refractivity contribution < 1.29 is 32.9 Å². The minimum atomic E-state index is -4.37. The third-order valence-electron chi connectivity index (χ3n) is 15.9. The summed E-state index contributed by atoms with van der Waals surface area (Å²) in [5.74, 6) is -0.186. The fourth-order valence-electron chi connectivity index (χ4n) is 10.5. The molecule has 81 heavy (non-hydrogen) atoms. The Labute approximate surface area is 504 Å². The molecule has 0 saturated heterocycles. The number of rotatable bonds is 65. The van der Waals surface area contributed by atoms with E-state index in [1.165, 1.54) is 270 Å². The van der Waals surface area contributed by atoms with E-state index in [0.717, 1.165) is 51.4 Å². The minimum Gasteiger partial charge on any atom is -0.387 e. The van der Waals surface area contributed by atoms with E-state index in [1.54, 1.807) is 6.08 Å². The van der Waals surface area contributed by atoms with Crippen LogP contribution in [0.3, 0.4) is 0 Å². The standard InChI is InChI=1S/C72H137N2O6P/c1-6-8-10-12-14-16-18-20-22-24-26-28-30-32-34-36-37-38-40-42-44-46-48-50-52-54-56-58-60-62-64-66-72(76)73-70(69-80-81(77,78)79-68-67-74(3,4)5)71(75)65-63-61-59-57-55-53-51-49-47-45-43-41-39-35-33-31-29-27-25-23-21-19-17-15-13-11-9-7-2/h18,20,24,26,47,49,55,57,63,65,70-71,75H,6-17,19,21-23,25,27-46,48,50-54,56,58-62,64,66-69H2,1-5H3,(H-,73,76,77,78)/p+1/b20-18-,26-24-,49-47+,57-55+,65-63+. The summed E-state index contributed by atoms with van der Waals surface area (Å²) in [5, 5.41) is 14.0. The lowest BCUT2D eigenvalue weighted by Crippen LogP contribution is -2.45. The molecule has 1 amide bonds. The van der Waals surface area contributed by atoms with Crippen LogP contribution in [0.25, 0.3) is 0 Å². The molecule has 0 aromatic rings. The lowest BCUT2D eigenvalue weighted by atomic mass is 10.0. The molecule has 476 valence electrons. The molecule has 0 aromatic heterocycles. The quantitative estimate of drug-likeness (QED) is 0.0243. The van der Waals surface area contributed by atoms with Crippen LogP contribution in [0, 0.1) is 0 Å². The summed E-state index contributed by atoms with van der Waals surface area (Å²) in [6.07, 6.45) is 86.6. The van der Waals surface area contributed by atoms with Gasteiger partial charge in [-0.2, -0.15) is 0 Å². The van der Waals surface area contributed by atoms with E-state index in [-0.39, 0.29) is 19.1 Å². The molecule has 3 N–H and O–H groups in total. The average Bonchev–Trinajstić information content (AvgIpc) is 3.43. The highest BCUT2D eigenvalue weighted by molar-refractivity contribution is 7.47. The monoisotopic (exact) mass is 1160 g/mol. The second-order valence-electron chi connectivity index (χ2n) is 25.2. The number of phosphoric ester groups is 1. The molecule has 0 aliphatic heterocycles. The molecule has 8 nitrogen and oxygen atoms in total. The zero-order valence-electron chi connectivity index (χ0n) is 54.5. The molecular weight excluding hydrogens is 1020 g/mol. The number of nitrogens with one attached hydrogen (secondary N) is 1. The van der Waals surface area contributed by atoms with Crippen molar-refractivity contribution in [2.75, 3.05) is 40.9 Å². The smallest absolute Gasteiger partial charge is 0.387 e. The van der Waals surface area contributed by atoms with Gasteiger partial charge in [0.1, 0.15) is 13.2 Å². The van der Waals surface area contributed by atoms with Gasteiger partial charge in [-0.25, -0.2) is 4.57 Å². The van der Waals surface area contributed by atoms with Gasteiger partial charge < -0.3 is 19.8 Å². The number of amides is 1. The summed E-state index contributed by atoms with van der Waals surface area (Å²) in [6.45, 7) is 4.82.